The molecule has 1 aromatic carbocycles. The first-order chi connectivity index (χ1) is 13.5. The third-order valence-electron chi connectivity index (χ3n) is 5.65. The number of rotatable bonds is 6. The van der Waals surface area contributed by atoms with E-state index in [0.717, 1.165) is 37.9 Å². The lowest BCUT2D eigenvalue weighted by molar-refractivity contribution is 0.251. The molecule has 1 aromatic heterocycles. The number of aromatic nitrogens is 1. The van der Waals surface area contributed by atoms with Gasteiger partial charge in [0.1, 0.15) is 0 Å². The van der Waals surface area contributed by atoms with Crippen LogP contribution in [0.15, 0.2) is 27.5 Å². The average molecular weight is 424 g/mol. The lowest BCUT2D eigenvalue weighted by Crippen LogP contribution is -2.46. The van der Waals surface area contributed by atoms with E-state index in [1.807, 2.05) is 26.0 Å². The highest BCUT2D eigenvalue weighted by molar-refractivity contribution is 7.90. The molecule has 0 spiro atoms. The normalized spacial score (nSPS) is 21.0. The van der Waals surface area contributed by atoms with Crippen LogP contribution in [0, 0.1) is 5.92 Å². The smallest absolute Gasteiger partial charge is 0.290 e. The van der Waals surface area contributed by atoms with Crippen molar-refractivity contribution in [2.75, 3.05) is 11.9 Å². The Balaban J connectivity index is 1.55. The summed E-state index contributed by atoms with van der Waals surface area (Å²) in [5.41, 5.74) is 1.42. The van der Waals surface area contributed by atoms with Gasteiger partial charge >= 0.3 is 0 Å². The molecule has 0 aliphatic heterocycles. The van der Waals surface area contributed by atoms with E-state index in [2.05, 4.69) is 10.0 Å². The standard InChI is InChI=1S/C21H33N3O4S/c1-14(2)24-20(25)18-11-10-17(12-19(18)28-24)22-13-15-6-8-16(9-7-15)23-29(26,27)21(3,4)5/h10-12,14-16,22-23H,6-9,13H2,1-5H3. The molecular weight excluding hydrogens is 390 g/mol. The first-order valence-corrected chi connectivity index (χ1v) is 11.9. The Morgan fingerprint density at radius 2 is 1.83 bits per heavy atom. The van der Waals surface area contributed by atoms with E-state index in [9.17, 15) is 13.2 Å². The van der Waals surface area contributed by atoms with Crippen molar-refractivity contribution in [1.82, 2.24) is 9.46 Å². The fourth-order valence-corrected chi connectivity index (χ4v) is 4.66. The quantitative estimate of drug-likeness (QED) is 0.736. The van der Waals surface area contributed by atoms with Crippen molar-refractivity contribution < 1.29 is 12.9 Å². The summed E-state index contributed by atoms with van der Waals surface area (Å²) < 4.78 is 33.8. The second-order valence-electron chi connectivity index (χ2n) is 9.36. The first kappa shape index (κ1) is 21.9. The summed E-state index contributed by atoms with van der Waals surface area (Å²) in [5, 5.41) is 4.04. The molecule has 7 nitrogen and oxygen atoms in total. The number of nitrogens with one attached hydrogen (secondary N) is 2. The van der Waals surface area contributed by atoms with Crippen molar-refractivity contribution in [2.24, 2.45) is 5.92 Å². The van der Waals surface area contributed by atoms with Gasteiger partial charge in [0.25, 0.3) is 5.56 Å². The van der Waals surface area contributed by atoms with Crippen molar-refractivity contribution >= 4 is 26.7 Å². The second-order valence-corrected chi connectivity index (χ2v) is 11.8. The molecule has 0 unspecified atom stereocenters. The maximum atomic E-state index is 12.3. The predicted octanol–water partition coefficient (Wildman–Crippen LogP) is 3.86. The van der Waals surface area contributed by atoms with Gasteiger partial charge in [-0.05, 0) is 78.4 Å². The van der Waals surface area contributed by atoms with E-state index in [1.54, 1.807) is 26.8 Å². The minimum atomic E-state index is -3.30. The Morgan fingerprint density at radius 1 is 1.17 bits per heavy atom. The number of nitrogens with zero attached hydrogens (tertiary/aromatic N) is 1. The number of hydrogen-bond donors (Lipinski definition) is 2. The number of anilines is 1. The van der Waals surface area contributed by atoms with Crippen molar-refractivity contribution in [3.05, 3.63) is 28.6 Å². The van der Waals surface area contributed by atoms with Gasteiger partial charge in [-0.15, -0.1) is 0 Å². The molecule has 3 rings (SSSR count). The molecule has 1 aliphatic rings. The number of hydrogen-bond acceptors (Lipinski definition) is 5. The van der Waals surface area contributed by atoms with E-state index < -0.39 is 14.8 Å². The van der Waals surface area contributed by atoms with Gasteiger partial charge in [0.2, 0.25) is 10.0 Å². The highest BCUT2D eigenvalue weighted by Gasteiger charge is 2.32. The minimum absolute atomic E-state index is 0.0165. The Bertz CT molecular complexity index is 1010. The van der Waals surface area contributed by atoms with Crippen LogP contribution < -0.4 is 15.6 Å². The van der Waals surface area contributed by atoms with E-state index in [-0.39, 0.29) is 17.6 Å². The van der Waals surface area contributed by atoms with Crippen LogP contribution in [0.4, 0.5) is 5.69 Å². The topological polar surface area (TPSA) is 93.3 Å². The Morgan fingerprint density at radius 3 is 2.41 bits per heavy atom. The zero-order valence-electron chi connectivity index (χ0n) is 18.0. The fourth-order valence-electron chi connectivity index (χ4n) is 3.63. The van der Waals surface area contributed by atoms with Gasteiger partial charge in [0.15, 0.2) is 5.58 Å². The number of sulfonamides is 1. The maximum absolute atomic E-state index is 12.3. The fraction of sp³-hybridized carbons (Fsp3) is 0.667. The van der Waals surface area contributed by atoms with E-state index in [4.69, 9.17) is 4.52 Å². The molecule has 2 aromatic rings. The summed E-state index contributed by atoms with van der Waals surface area (Å²) in [7, 11) is -3.30. The molecule has 0 atom stereocenters. The summed E-state index contributed by atoms with van der Waals surface area (Å²) in [6.45, 7) is 9.82. The molecule has 1 fully saturated rings. The van der Waals surface area contributed by atoms with Crippen molar-refractivity contribution in [1.29, 1.82) is 0 Å². The molecule has 2 N–H and O–H groups in total. The summed E-state index contributed by atoms with van der Waals surface area (Å²) in [5.74, 6) is 0.494. The third kappa shape index (κ3) is 4.86. The summed E-state index contributed by atoms with van der Waals surface area (Å²) in [6, 6.07) is 5.60. The van der Waals surface area contributed by atoms with Gasteiger partial charge in [0, 0.05) is 24.3 Å². The Kier molecular flexibility index (Phi) is 6.15. The van der Waals surface area contributed by atoms with Gasteiger partial charge in [0.05, 0.1) is 16.2 Å². The van der Waals surface area contributed by atoms with Gasteiger partial charge in [-0.3, -0.25) is 4.79 Å². The third-order valence-corrected chi connectivity index (χ3v) is 7.90. The summed E-state index contributed by atoms with van der Waals surface area (Å²) in [4.78, 5) is 12.3. The molecule has 1 aliphatic carbocycles. The lowest BCUT2D eigenvalue weighted by Gasteiger charge is -2.31. The Hall–Kier alpha value is -1.80. The lowest BCUT2D eigenvalue weighted by atomic mass is 9.86. The molecular formula is C21H33N3O4S. The van der Waals surface area contributed by atoms with Crippen molar-refractivity contribution in [3.8, 4) is 0 Å². The average Bonchev–Trinajstić information content (AvgIpc) is 2.96. The number of fused-ring (bicyclic) bond motifs is 1. The zero-order valence-corrected chi connectivity index (χ0v) is 18.8. The van der Waals surface area contributed by atoms with Crippen molar-refractivity contribution in [3.63, 3.8) is 0 Å². The first-order valence-electron chi connectivity index (χ1n) is 10.4. The van der Waals surface area contributed by atoms with Crippen LogP contribution in [-0.4, -0.2) is 30.5 Å². The van der Waals surface area contributed by atoms with Crippen LogP contribution in [0.2, 0.25) is 0 Å². The molecule has 0 saturated heterocycles. The number of benzene rings is 1. The largest absolute Gasteiger partial charge is 0.385 e. The van der Waals surface area contributed by atoms with Crippen LogP contribution in [0.3, 0.4) is 0 Å². The van der Waals surface area contributed by atoms with Crippen LogP contribution in [0.5, 0.6) is 0 Å². The summed E-state index contributed by atoms with van der Waals surface area (Å²) in [6.07, 6.45) is 3.66. The molecule has 8 heteroatoms. The Labute approximate surface area is 172 Å². The molecule has 0 bridgehead atoms. The minimum Gasteiger partial charge on any atom is -0.385 e. The predicted molar refractivity (Wildman–Crippen MR) is 117 cm³/mol. The SMILES string of the molecule is CC(C)n1oc2cc(NCC3CCC(NS(=O)(=O)C(C)(C)C)CC3)ccc2c1=O. The van der Waals surface area contributed by atoms with Gasteiger partial charge in [-0.1, -0.05) is 0 Å². The van der Waals surface area contributed by atoms with E-state index in [1.165, 1.54) is 4.74 Å². The molecule has 1 saturated carbocycles. The van der Waals surface area contributed by atoms with Crippen LogP contribution >= 0.6 is 0 Å². The van der Waals surface area contributed by atoms with E-state index >= 15 is 0 Å². The molecule has 0 amide bonds. The highest BCUT2D eigenvalue weighted by atomic mass is 32.2. The maximum Gasteiger partial charge on any atom is 0.290 e. The van der Waals surface area contributed by atoms with E-state index in [0.29, 0.717) is 16.9 Å². The molecule has 162 valence electrons. The summed E-state index contributed by atoms with van der Waals surface area (Å²) >= 11 is 0. The van der Waals surface area contributed by atoms with Crippen LogP contribution in [-0.2, 0) is 10.0 Å². The highest BCUT2D eigenvalue weighted by Crippen LogP contribution is 2.27. The second kappa shape index (κ2) is 8.14. The van der Waals surface area contributed by atoms with Gasteiger partial charge < -0.3 is 9.84 Å². The molecule has 0 radical (unpaired) electrons. The van der Waals surface area contributed by atoms with Gasteiger partial charge in [-0.25, -0.2) is 13.1 Å². The monoisotopic (exact) mass is 423 g/mol. The molecule has 1 heterocycles. The van der Waals surface area contributed by atoms with Gasteiger partial charge in [-0.2, -0.15) is 4.74 Å². The zero-order chi connectivity index (χ0) is 21.4. The van der Waals surface area contributed by atoms with Crippen LogP contribution in [0.1, 0.15) is 66.3 Å². The van der Waals surface area contributed by atoms with Crippen molar-refractivity contribution in [2.45, 2.75) is 77.1 Å². The molecule has 29 heavy (non-hydrogen) atoms. The van der Waals surface area contributed by atoms with Crippen LogP contribution in [0.25, 0.3) is 11.0 Å².